The first-order chi connectivity index (χ1) is 16.4. The fourth-order valence-electron chi connectivity index (χ4n) is 3.56. The Morgan fingerprint density at radius 2 is 1.85 bits per heavy atom. The first-order valence-electron chi connectivity index (χ1n) is 10.9. The Bertz CT molecular complexity index is 1180. The number of benzene rings is 3. The molecule has 1 aliphatic rings. The normalized spacial score (nSPS) is 14.7. The maximum absolute atomic E-state index is 12.7. The summed E-state index contributed by atoms with van der Waals surface area (Å²) in [5.41, 5.74) is 2.28. The summed E-state index contributed by atoms with van der Waals surface area (Å²) in [5, 5.41) is 3.38. The third kappa shape index (κ3) is 5.80. The van der Waals surface area contributed by atoms with Crippen LogP contribution in [-0.4, -0.2) is 37.7 Å². The number of carbonyl (C=O) groups excluding carboxylic acids is 2. The first kappa shape index (κ1) is 23.4. The lowest BCUT2D eigenvalue weighted by molar-refractivity contribution is -0.125. The number of nitrogens with zero attached hydrogens (tertiary/aromatic N) is 1. The summed E-state index contributed by atoms with van der Waals surface area (Å²) in [6, 6.07) is 19.7. The molecule has 1 N–H and O–H groups in total. The van der Waals surface area contributed by atoms with Crippen LogP contribution in [-0.2, 0) is 9.59 Å². The largest absolute Gasteiger partial charge is 0.492 e. The Hall–Kier alpha value is -3.71. The van der Waals surface area contributed by atoms with E-state index in [2.05, 4.69) is 5.32 Å². The van der Waals surface area contributed by atoms with Crippen LogP contribution >= 0.6 is 11.6 Å². The number of aryl methyl sites for hydroxylation is 1. The van der Waals surface area contributed by atoms with Gasteiger partial charge in [0.15, 0.2) is 12.7 Å². The van der Waals surface area contributed by atoms with E-state index in [0.717, 1.165) is 11.3 Å². The summed E-state index contributed by atoms with van der Waals surface area (Å²) in [6.45, 7) is 4.24. The van der Waals surface area contributed by atoms with Crippen molar-refractivity contribution < 1.29 is 23.8 Å². The van der Waals surface area contributed by atoms with Crippen molar-refractivity contribution in [2.45, 2.75) is 20.0 Å². The number of hydrogen-bond donors (Lipinski definition) is 1. The van der Waals surface area contributed by atoms with Gasteiger partial charge in [-0.15, -0.1) is 0 Å². The molecule has 1 unspecified atom stereocenters. The second-order valence-electron chi connectivity index (χ2n) is 7.89. The van der Waals surface area contributed by atoms with Crippen LogP contribution in [0.4, 0.5) is 11.4 Å². The molecule has 4 rings (SSSR count). The highest BCUT2D eigenvalue weighted by atomic mass is 35.5. The van der Waals surface area contributed by atoms with Gasteiger partial charge in [-0.05, 0) is 67.9 Å². The van der Waals surface area contributed by atoms with Crippen LogP contribution in [0.5, 0.6) is 17.2 Å². The van der Waals surface area contributed by atoms with Gasteiger partial charge in [0.25, 0.3) is 11.8 Å². The summed E-state index contributed by atoms with van der Waals surface area (Å²) in [7, 11) is 0. The molecule has 0 spiro atoms. The average Bonchev–Trinajstić information content (AvgIpc) is 2.81. The number of nitrogens with one attached hydrogen (secondary N) is 1. The van der Waals surface area contributed by atoms with Crippen LogP contribution in [0.15, 0.2) is 66.7 Å². The van der Waals surface area contributed by atoms with E-state index in [-0.39, 0.29) is 18.4 Å². The van der Waals surface area contributed by atoms with Crippen molar-refractivity contribution in [2.24, 2.45) is 0 Å². The Morgan fingerprint density at radius 3 is 2.62 bits per heavy atom. The Labute approximate surface area is 203 Å². The highest BCUT2D eigenvalue weighted by Crippen LogP contribution is 2.36. The lowest BCUT2D eigenvalue weighted by Gasteiger charge is -2.33. The van der Waals surface area contributed by atoms with Gasteiger partial charge in [-0.2, -0.15) is 0 Å². The molecule has 0 fully saturated rings. The number of carbonyl (C=O) groups is 2. The van der Waals surface area contributed by atoms with E-state index in [1.54, 1.807) is 54.3 Å². The van der Waals surface area contributed by atoms with Gasteiger partial charge in [0.1, 0.15) is 23.9 Å². The van der Waals surface area contributed by atoms with Crippen LogP contribution in [0, 0.1) is 6.92 Å². The van der Waals surface area contributed by atoms with Crippen molar-refractivity contribution in [1.29, 1.82) is 0 Å². The van der Waals surface area contributed by atoms with Gasteiger partial charge in [-0.25, -0.2) is 0 Å². The fourth-order valence-corrected chi connectivity index (χ4v) is 3.68. The fraction of sp³-hybridized carbons (Fsp3) is 0.231. The number of anilines is 2. The Morgan fingerprint density at radius 1 is 1.06 bits per heavy atom. The molecule has 2 amide bonds. The predicted octanol–water partition coefficient (Wildman–Crippen LogP) is 4.86. The zero-order chi connectivity index (χ0) is 24.1. The van der Waals surface area contributed by atoms with Gasteiger partial charge >= 0.3 is 0 Å². The molecule has 7 nitrogen and oxygen atoms in total. The molecule has 0 aliphatic carbocycles. The molecule has 0 radical (unpaired) electrons. The molecule has 1 atom stereocenters. The highest BCUT2D eigenvalue weighted by molar-refractivity contribution is 6.30. The number of rotatable bonds is 8. The molecule has 0 saturated carbocycles. The minimum Gasteiger partial charge on any atom is -0.492 e. The topological polar surface area (TPSA) is 77.1 Å². The molecular weight excluding hydrogens is 456 g/mol. The summed E-state index contributed by atoms with van der Waals surface area (Å²) >= 11 is 5.85. The van der Waals surface area contributed by atoms with E-state index in [4.69, 9.17) is 25.8 Å². The van der Waals surface area contributed by atoms with Crippen molar-refractivity contribution in [2.75, 3.05) is 30.0 Å². The van der Waals surface area contributed by atoms with Gasteiger partial charge in [0.05, 0.1) is 12.2 Å². The predicted molar refractivity (Wildman–Crippen MR) is 131 cm³/mol. The molecule has 3 aromatic carbocycles. The molecule has 8 heteroatoms. The zero-order valence-corrected chi connectivity index (χ0v) is 19.7. The summed E-state index contributed by atoms with van der Waals surface area (Å²) in [6.07, 6.45) is -0.648. The second-order valence-corrected chi connectivity index (χ2v) is 8.32. The van der Waals surface area contributed by atoms with Crippen LogP contribution < -0.4 is 24.4 Å². The van der Waals surface area contributed by atoms with Crippen molar-refractivity contribution in [3.8, 4) is 17.2 Å². The van der Waals surface area contributed by atoms with Crippen LogP contribution in [0.1, 0.15) is 12.5 Å². The summed E-state index contributed by atoms with van der Waals surface area (Å²) < 4.78 is 17.1. The number of halogens is 1. The van der Waals surface area contributed by atoms with Gasteiger partial charge in [-0.1, -0.05) is 23.7 Å². The molecule has 0 saturated heterocycles. The molecule has 34 heavy (non-hydrogen) atoms. The molecule has 3 aromatic rings. The summed E-state index contributed by atoms with van der Waals surface area (Å²) in [4.78, 5) is 26.7. The van der Waals surface area contributed by atoms with Crippen molar-refractivity contribution in [1.82, 2.24) is 0 Å². The van der Waals surface area contributed by atoms with E-state index in [9.17, 15) is 9.59 Å². The van der Waals surface area contributed by atoms with Crippen LogP contribution in [0.25, 0.3) is 0 Å². The molecule has 1 heterocycles. The third-order valence-corrected chi connectivity index (χ3v) is 5.46. The lowest BCUT2D eigenvalue weighted by atomic mass is 10.1. The van der Waals surface area contributed by atoms with Gasteiger partial charge in [0, 0.05) is 16.8 Å². The molecule has 0 bridgehead atoms. The van der Waals surface area contributed by atoms with Gasteiger partial charge < -0.3 is 24.4 Å². The first-order valence-corrected chi connectivity index (χ1v) is 11.3. The van der Waals surface area contributed by atoms with E-state index >= 15 is 0 Å². The van der Waals surface area contributed by atoms with Crippen molar-refractivity contribution in [3.63, 3.8) is 0 Å². The highest BCUT2D eigenvalue weighted by Gasteiger charge is 2.31. The lowest BCUT2D eigenvalue weighted by Crippen LogP contribution is -2.46. The minimum absolute atomic E-state index is 0.145. The van der Waals surface area contributed by atoms with E-state index in [1.165, 1.54) is 0 Å². The SMILES string of the molecule is Cc1cccc(OCCN2C(=O)C(C)Oc3cc(NC(=O)COc4ccc(Cl)cc4)ccc32)c1. The van der Waals surface area contributed by atoms with Gasteiger partial charge in [0.2, 0.25) is 0 Å². The van der Waals surface area contributed by atoms with Gasteiger partial charge in [-0.3, -0.25) is 9.59 Å². The maximum atomic E-state index is 12.7. The van der Waals surface area contributed by atoms with Crippen LogP contribution in [0.3, 0.4) is 0 Å². The zero-order valence-electron chi connectivity index (χ0n) is 18.9. The average molecular weight is 481 g/mol. The second kappa shape index (κ2) is 10.5. The molecule has 0 aromatic heterocycles. The Balaban J connectivity index is 1.38. The molecule has 1 aliphatic heterocycles. The van der Waals surface area contributed by atoms with E-state index < -0.39 is 6.10 Å². The number of ether oxygens (including phenoxy) is 3. The molecular formula is C26H25ClN2O5. The standard InChI is InChI=1S/C26H25ClN2O5/c1-17-4-3-5-22(14-17)32-13-12-29-23-11-8-20(15-24(23)34-18(2)26(29)31)28-25(30)16-33-21-9-6-19(27)7-10-21/h3-11,14-15,18H,12-13,16H2,1-2H3,(H,28,30). The smallest absolute Gasteiger partial charge is 0.267 e. The van der Waals surface area contributed by atoms with Crippen molar-refractivity contribution in [3.05, 3.63) is 77.3 Å². The minimum atomic E-state index is -0.648. The van der Waals surface area contributed by atoms with E-state index in [0.29, 0.717) is 41.0 Å². The third-order valence-electron chi connectivity index (χ3n) is 5.21. The van der Waals surface area contributed by atoms with Crippen LogP contribution in [0.2, 0.25) is 5.02 Å². The van der Waals surface area contributed by atoms with E-state index in [1.807, 2.05) is 31.2 Å². The quantitative estimate of drug-likeness (QED) is 0.498. The maximum Gasteiger partial charge on any atom is 0.267 e. The number of amides is 2. The number of hydrogen-bond acceptors (Lipinski definition) is 5. The molecule has 176 valence electrons. The van der Waals surface area contributed by atoms with Crippen molar-refractivity contribution >= 4 is 34.8 Å². The monoisotopic (exact) mass is 480 g/mol. The summed E-state index contributed by atoms with van der Waals surface area (Å²) in [5.74, 6) is 1.35. The Kier molecular flexibility index (Phi) is 7.23. The number of fused-ring (bicyclic) bond motifs is 1.